The molecule has 1 aromatic heterocycles. The monoisotopic (exact) mass is 545 g/mol. The molecule has 7 nitrogen and oxygen atoms in total. The van der Waals surface area contributed by atoms with Crippen LogP contribution in [0.1, 0.15) is 10.4 Å². The lowest BCUT2D eigenvalue weighted by Gasteiger charge is -2.12. The molecule has 0 aliphatic rings. The van der Waals surface area contributed by atoms with Gasteiger partial charge >= 0.3 is 12.0 Å². The smallest absolute Gasteiger partial charge is 0.339 e. The van der Waals surface area contributed by atoms with E-state index in [4.69, 9.17) is 4.74 Å². The van der Waals surface area contributed by atoms with Crippen LogP contribution in [0.25, 0.3) is 22.2 Å². The second-order valence-electron chi connectivity index (χ2n) is 6.33. The van der Waals surface area contributed by atoms with Crippen molar-refractivity contribution in [1.82, 2.24) is 15.6 Å². The molecule has 0 atom stereocenters. The van der Waals surface area contributed by atoms with E-state index >= 15 is 0 Å². The first-order valence-electron chi connectivity index (χ1n) is 9.10. The lowest BCUT2D eigenvalue weighted by molar-refractivity contribution is -0.123. The molecule has 3 rings (SSSR count). The van der Waals surface area contributed by atoms with Crippen LogP contribution < -0.4 is 10.6 Å². The molecule has 0 bridgehead atoms. The largest absolute Gasteiger partial charge is 0.452 e. The lowest BCUT2D eigenvalue weighted by Crippen LogP contribution is -2.41. The Hall–Kier alpha value is -3.04. The number of urea groups is 1. The summed E-state index contributed by atoms with van der Waals surface area (Å²) in [6, 6.07) is 13.9. The highest BCUT2D eigenvalue weighted by Gasteiger charge is 2.19. The molecule has 1 heterocycles. The second kappa shape index (κ2) is 10.3. The molecule has 0 saturated heterocycles. The highest BCUT2D eigenvalue weighted by molar-refractivity contribution is 9.11. The molecule has 0 aliphatic heterocycles. The van der Waals surface area contributed by atoms with Gasteiger partial charge in [0, 0.05) is 26.4 Å². The fourth-order valence-corrected chi connectivity index (χ4v) is 4.07. The van der Waals surface area contributed by atoms with Gasteiger partial charge in [-0.2, -0.15) is 0 Å². The molecule has 0 saturated carbocycles. The van der Waals surface area contributed by atoms with Gasteiger partial charge in [-0.1, -0.05) is 52.3 Å². The van der Waals surface area contributed by atoms with Crippen LogP contribution in [0.2, 0.25) is 0 Å². The molecule has 0 aliphatic carbocycles. The molecule has 9 heteroatoms. The summed E-state index contributed by atoms with van der Waals surface area (Å²) in [5.74, 6) is -1.46. The molecule has 2 N–H and O–H groups in total. The first-order valence-corrected chi connectivity index (χ1v) is 10.7. The predicted octanol–water partition coefficient (Wildman–Crippen LogP) is 4.60. The van der Waals surface area contributed by atoms with Gasteiger partial charge in [0.05, 0.1) is 16.8 Å². The van der Waals surface area contributed by atoms with Crippen molar-refractivity contribution in [2.75, 3.05) is 13.2 Å². The quantitative estimate of drug-likeness (QED) is 0.348. The Balaban J connectivity index is 1.89. The predicted molar refractivity (Wildman–Crippen MR) is 125 cm³/mol. The van der Waals surface area contributed by atoms with E-state index in [0.29, 0.717) is 21.1 Å². The van der Waals surface area contributed by atoms with Gasteiger partial charge in [0.15, 0.2) is 6.61 Å². The van der Waals surface area contributed by atoms with Crippen molar-refractivity contribution in [2.24, 2.45) is 0 Å². The number of esters is 1. The standard InChI is InChI=1S/C22H17Br2N3O4/c1-2-8-25-22(30)27-19(28)12-31-21(29)16-11-18(13-6-4-3-5-7-13)26-20-15(16)9-14(23)10-17(20)24/h2-7,9-11H,1,8,12H2,(H2,25,27,28,30). The van der Waals surface area contributed by atoms with Crippen LogP contribution >= 0.6 is 31.9 Å². The van der Waals surface area contributed by atoms with Gasteiger partial charge < -0.3 is 10.1 Å². The van der Waals surface area contributed by atoms with Gasteiger partial charge in [-0.25, -0.2) is 14.6 Å². The van der Waals surface area contributed by atoms with Gasteiger partial charge in [-0.15, -0.1) is 6.58 Å². The van der Waals surface area contributed by atoms with Gasteiger partial charge in [0.2, 0.25) is 0 Å². The summed E-state index contributed by atoms with van der Waals surface area (Å²) in [5, 5.41) is 5.02. The van der Waals surface area contributed by atoms with Gasteiger partial charge in [-0.05, 0) is 34.1 Å². The van der Waals surface area contributed by atoms with E-state index in [-0.39, 0.29) is 12.1 Å². The van der Waals surface area contributed by atoms with E-state index in [1.54, 1.807) is 12.1 Å². The molecular weight excluding hydrogens is 530 g/mol. The number of fused-ring (bicyclic) bond motifs is 1. The average molecular weight is 547 g/mol. The van der Waals surface area contributed by atoms with E-state index in [2.05, 4.69) is 54.1 Å². The number of imide groups is 1. The van der Waals surface area contributed by atoms with E-state index in [0.717, 1.165) is 10.0 Å². The highest BCUT2D eigenvalue weighted by Crippen LogP contribution is 2.32. The van der Waals surface area contributed by atoms with Crippen molar-refractivity contribution in [1.29, 1.82) is 0 Å². The van der Waals surface area contributed by atoms with Crippen molar-refractivity contribution in [3.8, 4) is 11.3 Å². The number of carbonyl (C=O) groups excluding carboxylic acids is 3. The summed E-state index contributed by atoms with van der Waals surface area (Å²) in [5.41, 5.74) is 2.22. The zero-order valence-corrected chi connectivity index (χ0v) is 19.3. The van der Waals surface area contributed by atoms with Gasteiger partial charge in [0.1, 0.15) is 0 Å². The molecule has 0 fully saturated rings. The number of benzene rings is 2. The molecule has 3 amide bonds. The zero-order chi connectivity index (χ0) is 22.4. The number of ether oxygens (including phenoxy) is 1. The minimum atomic E-state index is -0.751. The van der Waals surface area contributed by atoms with Crippen molar-refractivity contribution in [2.45, 2.75) is 0 Å². The summed E-state index contributed by atoms with van der Waals surface area (Å²) in [6.45, 7) is 3.05. The zero-order valence-electron chi connectivity index (χ0n) is 16.2. The molecule has 0 radical (unpaired) electrons. The average Bonchev–Trinajstić information content (AvgIpc) is 2.76. The van der Waals surface area contributed by atoms with Crippen LogP contribution in [0.4, 0.5) is 4.79 Å². The van der Waals surface area contributed by atoms with Gasteiger partial charge in [0.25, 0.3) is 5.91 Å². The number of rotatable bonds is 6. The first-order chi connectivity index (χ1) is 14.9. The maximum absolute atomic E-state index is 12.9. The number of nitrogens with zero attached hydrogens (tertiary/aromatic N) is 1. The third-order valence-electron chi connectivity index (χ3n) is 4.12. The fraction of sp³-hybridized carbons (Fsp3) is 0.0909. The van der Waals surface area contributed by atoms with Crippen LogP contribution in [0.5, 0.6) is 0 Å². The number of pyridine rings is 1. The molecule has 0 spiro atoms. The topological polar surface area (TPSA) is 97.4 Å². The molecular formula is C22H17Br2N3O4. The third-order valence-corrected chi connectivity index (χ3v) is 5.18. The lowest BCUT2D eigenvalue weighted by atomic mass is 10.0. The fourth-order valence-electron chi connectivity index (χ4n) is 2.76. The second-order valence-corrected chi connectivity index (χ2v) is 8.10. The maximum atomic E-state index is 12.9. The van der Waals surface area contributed by atoms with Crippen LogP contribution in [0.15, 0.2) is 70.1 Å². The number of halogens is 2. The summed E-state index contributed by atoms with van der Waals surface area (Å²) >= 11 is 6.90. The number of carbonyl (C=O) groups is 3. The number of aromatic nitrogens is 1. The maximum Gasteiger partial charge on any atom is 0.339 e. The minimum absolute atomic E-state index is 0.202. The summed E-state index contributed by atoms with van der Waals surface area (Å²) < 4.78 is 6.60. The summed E-state index contributed by atoms with van der Waals surface area (Å²) in [7, 11) is 0. The normalized spacial score (nSPS) is 10.4. The third kappa shape index (κ3) is 5.77. The van der Waals surface area contributed by atoms with Crippen LogP contribution in [0, 0.1) is 0 Å². The Bertz CT molecular complexity index is 1170. The van der Waals surface area contributed by atoms with Crippen molar-refractivity contribution in [3.63, 3.8) is 0 Å². The van der Waals surface area contributed by atoms with Crippen LogP contribution in [-0.2, 0) is 9.53 Å². The molecule has 2 aromatic carbocycles. The Kier molecular flexibility index (Phi) is 7.54. The molecule has 31 heavy (non-hydrogen) atoms. The van der Waals surface area contributed by atoms with Crippen LogP contribution in [0.3, 0.4) is 0 Å². The van der Waals surface area contributed by atoms with Gasteiger partial charge in [-0.3, -0.25) is 10.1 Å². The number of hydrogen-bond donors (Lipinski definition) is 2. The van der Waals surface area contributed by atoms with Crippen LogP contribution in [-0.4, -0.2) is 36.0 Å². The molecule has 158 valence electrons. The first kappa shape index (κ1) is 22.6. The highest BCUT2D eigenvalue weighted by atomic mass is 79.9. The van der Waals surface area contributed by atoms with E-state index in [1.165, 1.54) is 6.08 Å². The Labute approximate surface area is 195 Å². The minimum Gasteiger partial charge on any atom is -0.452 e. The Morgan fingerprint density at radius 1 is 1.10 bits per heavy atom. The van der Waals surface area contributed by atoms with Crippen molar-refractivity contribution in [3.05, 3.63) is 75.7 Å². The van der Waals surface area contributed by atoms with E-state index in [9.17, 15) is 14.4 Å². The van der Waals surface area contributed by atoms with E-state index < -0.39 is 24.5 Å². The molecule has 0 unspecified atom stereocenters. The Morgan fingerprint density at radius 3 is 2.55 bits per heavy atom. The Morgan fingerprint density at radius 2 is 1.84 bits per heavy atom. The molecule has 3 aromatic rings. The SMILES string of the molecule is C=CCNC(=O)NC(=O)COC(=O)c1cc(-c2ccccc2)nc2c(Br)cc(Br)cc12. The summed E-state index contributed by atoms with van der Waals surface area (Å²) in [4.78, 5) is 41.0. The van der Waals surface area contributed by atoms with Crippen molar-refractivity contribution >= 4 is 60.7 Å². The van der Waals surface area contributed by atoms with E-state index in [1.807, 2.05) is 36.4 Å². The number of amides is 3. The summed E-state index contributed by atoms with van der Waals surface area (Å²) in [6.07, 6.45) is 1.47. The van der Waals surface area contributed by atoms with Crippen molar-refractivity contribution < 1.29 is 19.1 Å². The number of nitrogens with one attached hydrogen (secondary N) is 2. The number of hydrogen-bond acceptors (Lipinski definition) is 5.